The number of halogens is 1. The summed E-state index contributed by atoms with van der Waals surface area (Å²) in [5.74, 6) is 0.867. The molecule has 1 saturated heterocycles. The van der Waals surface area contributed by atoms with Crippen LogP contribution in [0, 0.1) is 11.8 Å². The molecule has 162 valence electrons. The number of nitrogens with one attached hydrogen (secondary N) is 1. The highest BCUT2D eigenvalue weighted by Crippen LogP contribution is 2.48. The number of benzene rings is 1. The number of hydrogen-bond donors (Lipinski definition) is 1. The summed E-state index contributed by atoms with van der Waals surface area (Å²) in [6.07, 6.45) is 4.33. The number of methoxy groups -OCH3 is 3. The Morgan fingerprint density at radius 2 is 2.13 bits per heavy atom. The minimum atomic E-state index is -0.310. The van der Waals surface area contributed by atoms with E-state index in [2.05, 4.69) is 16.8 Å². The molecule has 2 aliphatic heterocycles. The number of hydrogen-bond acceptors (Lipinski definition) is 5. The van der Waals surface area contributed by atoms with E-state index in [0.717, 1.165) is 49.0 Å². The molecular formula is C23H29ClN2O4. The molecule has 2 aromatic rings. The third kappa shape index (κ3) is 3.36. The molecule has 0 amide bonds. The molecule has 3 atom stereocenters. The van der Waals surface area contributed by atoms with Crippen molar-refractivity contribution in [3.05, 3.63) is 40.2 Å². The van der Waals surface area contributed by atoms with Gasteiger partial charge in [0, 0.05) is 29.7 Å². The zero-order valence-corrected chi connectivity index (χ0v) is 18.7. The van der Waals surface area contributed by atoms with Crippen LogP contribution in [0.1, 0.15) is 37.1 Å². The summed E-state index contributed by atoms with van der Waals surface area (Å²) in [5.41, 5.74) is 4.14. The van der Waals surface area contributed by atoms with Crippen molar-refractivity contribution in [2.45, 2.75) is 32.2 Å². The first-order valence-corrected chi connectivity index (χ1v) is 10.8. The highest BCUT2D eigenvalue weighted by molar-refractivity contribution is 6.33. The molecule has 0 saturated carbocycles. The van der Waals surface area contributed by atoms with Gasteiger partial charge < -0.3 is 19.2 Å². The smallest absolute Gasteiger partial charge is 0.337 e. The number of aromatic amines is 1. The third-order valence-electron chi connectivity index (χ3n) is 6.74. The van der Waals surface area contributed by atoms with Crippen molar-refractivity contribution in [3.63, 3.8) is 0 Å². The van der Waals surface area contributed by atoms with E-state index in [-0.39, 0.29) is 17.9 Å². The highest BCUT2D eigenvalue weighted by Gasteiger charge is 2.42. The average molecular weight is 433 g/mol. The van der Waals surface area contributed by atoms with Crippen LogP contribution in [0.2, 0.25) is 5.02 Å². The summed E-state index contributed by atoms with van der Waals surface area (Å²) < 4.78 is 16.0. The van der Waals surface area contributed by atoms with Crippen LogP contribution < -0.4 is 4.74 Å². The molecule has 3 heterocycles. The van der Waals surface area contributed by atoms with Crippen molar-refractivity contribution in [1.82, 2.24) is 9.88 Å². The van der Waals surface area contributed by atoms with Crippen molar-refractivity contribution >= 4 is 28.5 Å². The molecule has 1 N–H and O–H groups in total. The van der Waals surface area contributed by atoms with Crippen LogP contribution in [0.5, 0.6) is 5.75 Å². The van der Waals surface area contributed by atoms with Gasteiger partial charge in [-0.3, -0.25) is 4.90 Å². The largest absolute Gasteiger partial charge is 0.504 e. The molecule has 0 bridgehead atoms. The van der Waals surface area contributed by atoms with Gasteiger partial charge in [-0.25, -0.2) is 4.79 Å². The highest BCUT2D eigenvalue weighted by atomic mass is 35.5. The monoisotopic (exact) mass is 432 g/mol. The Kier molecular flexibility index (Phi) is 5.98. The number of fused-ring (bicyclic) bond motifs is 5. The van der Waals surface area contributed by atoms with Crippen LogP contribution in [-0.4, -0.2) is 50.3 Å². The molecule has 1 aromatic heterocycles. The number of H-pyrrole nitrogens is 1. The maximum Gasteiger partial charge on any atom is 0.337 e. The van der Waals surface area contributed by atoms with Crippen LogP contribution in [0.4, 0.5) is 0 Å². The van der Waals surface area contributed by atoms with Crippen molar-refractivity contribution in [1.29, 1.82) is 0 Å². The summed E-state index contributed by atoms with van der Waals surface area (Å²) >= 11 is 6.41. The molecule has 6 nitrogen and oxygen atoms in total. The quantitative estimate of drug-likeness (QED) is 0.428. The molecule has 30 heavy (non-hydrogen) atoms. The predicted molar refractivity (Wildman–Crippen MR) is 117 cm³/mol. The number of nitrogens with zero attached hydrogens (tertiary/aromatic N) is 1. The van der Waals surface area contributed by atoms with Crippen LogP contribution >= 0.6 is 11.6 Å². The Balaban J connectivity index is 1.78. The van der Waals surface area contributed by atoms with Gasteiger partial charge in [0.1, 0.15) is 5.75 Å². The van der Waals surface area contributed by atoms with Crippen LogP contribution in [-0.2, 0) is 20.7 Å². The van der Waals surface area contributed by atoms with Crippen LogP contribution in [0.25, 0.3) is 10.9 Å². The molecule has 0 spiro atoms. The average Bonchev–Trinajstić information content (AvgIpc) is 3.15. The lowest BCUT2D eigenvalue weighted by Crippen LogP contribution is -2.47. The maximum absolute atomic E-state index is 12.5. The molecule has 1 fully saturated rings. The topological polar surface area (TPSA) is 63.8 Å². The first-order valence-electron chi connectivity index (χ1n) is 10.5. The number of carbonyl (C=O) groups excluding carboxylic acids is 1. The zero-order chi connectivity index (χ0) is 21.4. The van der Waals surface area contributed by atoms with Gasteiger partial charge in [-0.15, -0.1) is 0 Å². The van der Waals surface area contributed by atoms with Gasteiger partial charge in [-0.2, -0.15) is 0 Å². The van der Waals surface area contributed by atoms with Gasteiger partial charge in [0.25, 0.3) is 0 Å². The van der Waals surface area contributed by atoms with Gasteiger partial charge in [0.15, 0.2) is 0 Å². The second kappa shape index (κ2) is 8.52. The molecule has 1 aromatic carbocycles. The first kappa shape index (κ1) is 21.1. The lowest BCUT2D eigenvalue weighted by Gasteiger charge is -2.46. The summed E-state index contributed by atoms with van der Waals surface area (Å²) in [5, 5.41) is 1.70. The van der Waals surface area contributed by atoms with Crippen molar-refractivity contribution in [3.8, 4) is 5.75 Å². The normalized spacial score (nSPS) is 24.3. The van der Waals surface area contributed by atoms with Crippen molar-refractivity contribution in [2.75, 3.05) is 34.4 Å². The standard InChI is InChI=1S/C23H29ClN2O4/c1-5-13-11-26-9-8-14-20-18(7-6-17(24)22(20)29-3)25-21(14)19(26)10-15(13)16(12-28-2)23(27)30-4/h6-7,12-13,15,19,25H,5,8-11H2,1-4H3/t13-,15+,19+/m1/s1. The number of carbonyl (C=O) groups is 1. The fraction of sp³-hybridized carbons (Fsp3) is 0.522. The van der Waals surface area contributed by atoms with E-state index >= 15 is 0 Å². The van der Waals surface area contributed by atoms with E-state index < -0.39 is 0 Å². The van der Waals surface area contributed by atoms with Crippen LogP contribution in [0.3, 0.4) is 0 Å². The molecular weight excluding hydrogens is 404 g/mol. The fourth-order valence-corrected chi connectivity index (χ4v) is 5.56. The van der Waals surface area contributed by atoms with E-state index in [0.29, 0.717) is 16.5 Å². The molecule has 7 heteroatoms. The van der Waals surface area contributed by atoms with E-state index in [1.54, 1.807) is 20.5 Å². The zero-order valence-electron chi connectivity index (χ0n) is 18.0. The summed E-state index contributed by atoms with van der Waals surface area (Å²) in [6, 6.07) is 4.08. The molecule has 0 aliphatic carbocycles. The Bertz CT molecular complexity index is 983. The van der Waals surface area contributed by atoms with E-state index in [1.807, 2.05) is 12.1 Å². The van der Waals surface area contributed by atoms with Crippen LogP contribution in [0.15, 0.2) is 24.0 Å². The van der Waals surface area contributed by atoms with Crippen molar-refractivity contribution in [2.24, 2.45) is 11.8 Å². The third-order valence-corrected chi connectivity index (χ3v) is 7.04. The number of ether oxygens (including phenoxy) is 3. The van der Waals surface area contributed by atoms with Gasteiger partial charge in [-0.1, -0.05) is 24.9 Å². The summed E-state index contributed by atoms with van der Waals surface area (Å²) in [7, 11) is 4.66. The van der Waals surface area contributed by atoms with Gasteiger partial charge in [-0.05, 0) is 42.4 Å². The Morgan fingerprint density at radius 3 is 2.80 bits per heavy atom. The maximum atomic E-state index is 12.5. The van der Waals surface area contributed by atoms with Crippen molar-refractivity contribution < 1.29 is 19.0 Å². The number of aromatic nitrogens is 1. The molecule has 0 radical (unpaired) electrons. The minimum Gasteiger partial charge on any atom is -0.504 e. The number of piperidine rings is 1. The second-order valence-electron chi connectivity index (χ2n) is 8.09. The Morgan fingerprint density at radius 1 is 1.33 bits per heavy atom. The second-order valence-corrected chi connectivity index (χ2v) is 8.50. The predicted octanol–water partition coefficient (Wildman–Crippen LogP) is 4.48. The SMILES string of the molecule is CC[C@@H]1CN2CCc3c([nH]c4ccc(Cl)c(OC)c34)[C@@H]2C[C@@H]1C(=COC)C(=O)OC. The minimum absolute atomic E-state index is 0.0755. The molecule has 2 aliphatic rings. The van der Waals surface area contributed by atoms with Gasteiger partial charge in [0.2, 0.25) is 0 Å². The Labute approximate surface area is 182 Å². The van der Waals surface area contributed by atoms with Gasteiger partial charge >= 0.3 is 5.97 Å². The molecule has 0 unspecified atom stereocenters. The lowest BCUT2D eigenvalue weighted by molar-refractivity contribution is -0.137. The van der Waals surface area contributed by atoms with E-state index in [4.69, 9.17) is 25.8 Å². The van der Waals surface area contributed by atoms with E-state index in [1.165, 1.54) is 18.4 Å². The lowest BCUT2D eigenvalue weighted by atomic mass is 9.74. The number of rotatable bonds is 5. The first-order chi connectivity index (χ1) is 14.5. The van der Waals surface area contributed by atoms with E-state index in [9.17, 15) is 4.79 Å². The Hall–Kier alpha value is -2.18. The molecule has 4 rings (SSSR count). The summed E-state index contributed by atoms with van der Waals surface area (Å²) in [6.45, 7) is 4.10. The summed E-state index contributed by atoms with van der Waals surface area (Å²) in [4.78, 5) is 18.7. The fourth-order valence-electron chi connectivity index (χ4n) is 5.33. The number of esters is 1. The van der Waals surface area contributed by atoms with Gasteiger partial charge in [0.05, 0.1) is 44.2 Å².